The third-order valence-corrected chi connectivity index (χ3v) is 3.05. The summed E-state index contributed by atoms with van der Waals surface area (Å²) >= 11 is 0. The van der Waals surface area contributed by atoms with E-state index in [1.807, 2.05) is 11.9 Å². The number of alkyl halides is 3. The number of anilines is 1. The minimum Gasteiger partial charge on any atom is -0.368 e. The molecule has 1 aliphatic rings. The lowest BCUT2D eigenvalue weighted by molar-refractivity contribution is -0.137. The van der Waals surface area contributed by atoms with Crippen molar-refractivity contribution in [3.8, 4) is 0 Å². The van der Waals surface area contributed by atoms with E-state index in [9.17, 15) is 13.2 Å². The summed E-state index contributed by atoms with van der Waals surface area (Å²) in [5.74, 6) is 0. The normalized spacial score (nSPS) is 18.5. The number of para-hydroxylation sites is 1. The van der Waals surface area contributed by atoms with Gasteiger partial charge in [0, 0.05) is 31.9 Å². The van der Waals surface area contributed by atoms with Crippen molar-refractivity contribution in [2.45, 2.75) is 6.18 Å². The van der Waals surface area contributed by atoms with Gasteiger partial charge in [-0.1, -0.05) is 12.1 Å². The molecule has 94 valence electrons. The van der Waals surface area contributed by atoms with Gasteiger partial charge in [-0.05, 0) is 19.2 Å². The number of rotatable bonds is 1. The Bertz CT molecular complexity index is 382. The maximum atomic E-state index is 12.8. The van der Waals surface area contributed by atoms with E-state index in [-0.39, 0.29) is 0 Å². The summed E-state index contributed by atoms with van der Waals surface area (Å²) in [4.78, 5) is 3.93. The number of hydrogen-bond donors (Lipinski definition) is 0. The molecule has 0 atom stereocenters. The van der Waals surface area contributed by atoms with E-state index >= 15 is 0 Å². The molecule has 1 aliphatic heterocycles. The maximum Gasteiger partial charge on any atom is 0.418 e. The van der Waals surface area contributed by atoms with Crippen LogP contribution in [0.25, 0.3) is 0 Å². The molecule has 0 N–H and O–H groups in total. The quantitative estimate of drug-likeness (QED) is 0.748. The number of halogens is 3. The van der Waals surface area contributed by atoms with Gasteiger partial charge in [-0.15, -0.1) is 0 Å². The first-order valence-electron chi connectivity index (χ1n) is 5.58. The van der Waals surface area contributed by atoms with Crippen molar-refractivity contribution in [1.29, 1.82) is 0 Å². The minimum absolute atomic E-state index is 0.299. The predicted molar refractivity (Wildman–Crippen MR) is 61.2 cm³/mol. The third-order valence-electron chi connectivity index (χ3n) is 3.05. The lowest BCUT2D eigenvalue weighted by Crippen LogP contribution is -2.45. The Morgan fingerprint density at radius 2 is 1.59 bits per heavy atom. The Morgan fingerprint density at radius 1 is 1.00 bits per heavy atom. The SMILES string of the molecule is CN1CCN(c2ccccc2C(F)(F)F)CC1. The molecule has 0 aromatic heterocycles. The maximum absolute atomic E-state index is 12.8. The van der Waals surface area contributed by atoms with Crippen LogP contribution in [0.3, 0.4) is 0 Å². The van der Waals surface area contributed by atoms with E-state index in [2.05, 4.69) is 4.90 Å². The van der Waals surface area contributed by atoms with Crippen LogP contribution in [-0.4, -0.2) is 38.1 Å². The van der Waals surface area contributed by atoms with Crippen LogP contribution in [0, 0.1) is 0 Å². The third kappa shape index (κ3) is 2.72. The molecule has 1 aromatic rings. The number of likely N-dealkylation sites (N-methyl/N-ethyl adjacent to an activating group) is 1. The summed E-state index contributed by atoms with van der Waals surface area (Å²) in [6.07, 6.45) is -4.28. The lowest BCUT2D eigenvalue weighted by atomic mass is 10.1. The summed E-state index contributed by atoms with van der Waals surface area (Å²) in [5.41, 5.74) is -0.238. The Balaban J connectivity index is 2.26. The van der Waals surface area contributed by atoms with Gasteiger partial charge in [0.25, 0.3) is 0 Å². The van der Waals surface area contributed by atoms with Gasteiger partial charge in [0.05, 0.1) is 5.56 Å². The van der Waals surface area contributed by atoms with E-state index in [1.54, 1.807) is 12.1 Å². The summed E-state index contributed by atoms with van der Waals surface area (Å²) < 4.78 is 38.5. The van der Waals surface area contributed by atoms with Crippen LogP contribution in [0.4, 0.5) is 18.9 Å². The van der Waals surface area contributed by atoms with Crippen molar-refractivity contribution in [1.82, 2.24) is 4.90 Å². The summed E-state index contributed by atoms with van der Waals surface area (Å²) in [6.45, 7) is 2.88. The van der Waals surface area contributed by atoms with E-state index in [0.717, 1.165) is 19.2 Å². The fraction of sp³-hybridized carbons (Fsp3) is 0.500. The first-order chi connectivity index (χ1) is 7.98. The van der Waals surface area contributed by atoms with Crippen LogP contribution in [0.15, 0.2) is 24.3 Å². The van der Waals surface area contributed by atoms with Crippen LogP contribution < -0.4 is 4.90 Å². The second-order valence-electron chi connectivity index (χ2n) is 4.31. The largest absolute Gasteiger partial charge is 0.418 e. The summed E-state index contributed by atoms with van der Waals surface area (Å²) in [7, 11) is 1.98. The van der Waals surface area contributed by atoms with Crippen molar-refractivity contribution in [2.24, 2.45) is 0 Å². The van der Waals surface area contributed by atoms with Gasteiger partial charge < -0.3 is 9.80 Å². The van der Waals surface area contributed by atoms with Gasteiger partial charge in [0.2, 0.25) is 0 Å². The van der Waals surface area contributed by atoms with Gasteiger partial charge in [-0.3, -0.25) is 0 Å². The van der Waals surface area contributed by atoms with Gasteiger partial charge in [-0.25, -0.2) is 0 Å². The van der Waals surface area contributed by atoms with Gasteiger partial charge in [-0.2, -0.15) is 13.2 Å². The average molecular weight is 244 g/mol. The highest BCUT2D eigenvalue weighted by atomic mass is 19.4. The molecule has 17 heavy (non-hydrogen) atoms. The number of nitrogens with zero attached hydrogens (tertiary/aromatic N) is 2. The molecule has 0 spiro atoms. The van der Waals surface area contributed by atoms with Crippen LogP contribution in [0.2, 0.25) is 0 Å². The molecule has 0 bridgehead atoms. The first-order valence-corrected chi connectivity index (χ1v) is 5.58. The fourth-order valence-corrected chi connectivity index (χ4v) is 2.04. The average Bonchev–Trinajstić information content (AvgIpc) is 2.29. The zero-order valence-electron chi connectivity index (χ0n) is 9.67. The Hall–Kier alpha value is -1.23. The smallest absolute Gasteiger partial charge is 0.368 e. The van der Waals surface area contributed by atoms with E-state index in [1.165, 1.54) is 6.07 Å². The number of benzene rings is 1. The van der Waals surface area contributed by atoms with Gasteiger partial charge in [0.1, 0.15) is 0 Å². The molecule has 0 saturated carbocycles. The van der Waals surface area contributed by atoms with E-state index < -0.39 is 11.7 Å². The van der Waals surface area contributed by atoms with Crippen LogP contribution >= 0.6 is 0 Å². The molecule has 5 heteroatoms. The lowest BCUT2D eigenvalue weighted by Gasteiger charge is -2.35. The Morgan fingerprint density at radius 3 is 2.18 bits per heavy atom. The van der Waals surface area contributed by atoms with E-state index in [0.29, 0.717) is 18.8 Å². The van der Waals surface area contributed by atoms with Crippen LogP contribution in [0.5, 0.6) is 0 Å². The highest BCUT2D eigenvalue weighted by molar-refractivity contribution is 5.55. The molecule has 0 unspecified atom stereocenters. The Labute approximate surface area is 98.6 Å². The fourth-order valence-electron chi connectivity index (χ4n) is 2.04. The molecule has 1 heterocycles. The van der Waals surface area contributed by atoms with Crippen molar-refractivity contribution < 1.29 is 13.2 Å². The molecule has 2 nitrogen and oxygen atoms in total. The monoisotopic (exact) mass is 244 g/mol. The molecule has 1 aromatic carbocycles. The highest BCUT2D eigenvalue weighted by Crippen LogP contribution is 2.36. The van der Waals surface area contributed by atoms with Crippen LogP contribution in [0.1, 0.15) is 5.56 Å². The zero-order valence-corrected chi connectivity index (χ0v) is 9.67. The van der Waals surface area contributed by atoms with Crippen LogP contribution in [-0.2, 0) is 6.18 Å². The topological polar surface area (TPSA) is 6.48 Å². The molecule has 2 rings (SSSR count). The molecular formula is C12H15F3N2. The summed E-state index contributed by atoms with van der Waals surface area (Å²) in [5, 5.41) is 0. The van der Waals surface area contributed by atoms with Crippen molar-refractivity contribution in [2.75, 3.05) is 38.1 Å². The Kier molecular flexibility index (Phi) is 3.28. The minimum atomic E-state index is -4.28. The highest BCUT2D eigenvalue weighted by Gasteiger charge is 2.34. The second kappa shape index (κ2) is 4.56. The molecule has 1 fully saturated rings. The summed E-state index contributed by atoms with van der Waals surface area (Å²) in [6, 6.07) is 5.78. The standard InChI is InChI=1S/C12H15F3N2/c1-16-6-8-17(9-7-16)11-5-3-2-4-10(11)12(13,14)15/h2-5H,6-9H2,1H3. The molecular weight excluding hydrogens is 229 g/mol. The molecule has 0 aliphatic carbocycles. The second-order valence-corrected chi connectivity index (χ2v) is 4.31. The van der Waals surface area contributed by atoms with E-state index in [4.69, 9.17) is 0 Å². The van der Waals surface area contributed by atoms with Gasteiger partial charge >= 0.3 is 6.18 Å². The number of hydrogen-bond acceptors (Lipinski definition) is 2. The predicted octanol–water partition coefficient (Wildman–Crippen LogP) is 2.46. The van der Waals surface area contributed by atoms with Crippen molar-refractivity contribution >= 4 is 5.69 Å². The molecule has 0 amide bonds. The molecule has 1 saturated heterocycles. The molecule has 0 radical (unpaired) electrons. The van der Waals surface area contributed by atoms with Crippen molar-refractivity contribution in [3.63, 3.8) is 0 Å². The first kappa shape index (κ1) is 12.2. The zero-order chi connectivity index (χ0) is 12.5. The van der Waals surface area contributed by atoms with Crippen molar-refractivity contribution in [3.05, 3.63) is 29.8 Å². The van der Waals surface area contributed by atoms with Gasteiger partial charge in [0.15, 0.2) is 0 Å². The number of piperazine rings is 1.